The Labute approximate surface area is 205 Å². The first-order valence-corrected chi connectivity index (χ1v) is 12.8. The number of morpholine rings is 1. The highest BCUT2D eigenvalue weighted by Gasteiger charge is 2.26. The third-order valence-electron chi connectivity index (χ3n) is 5.43. The van der Waals surface area contributed by atoms with Gasteiger partial charge in [-0.2, -0.15) is 9.41 Å². The SMILES string of the molecule is O=S(=O)(c1ccc(NC(=S)N/N=C/C(c2ccccc2)c2ccccc2)cc1)N1CCOCC1. The minimum absolute atomic E-state index is 0.0256. The Morgan fingerprint density at radius 2 is 1.47 bits per heavy atom. The lowest BCUT2D eigenvalue weighted by molar-refractivity contribution is 0.0730. The molecule has 1 aliphatic rings. The smallest absolute Gasteiger partial charge is 0.243 e. The van der Waals surface area contributed by atoms with Crippen LogP contribution in [-0.2, 0) is 14.8 Å². The van der Waals surface area contributed by atoms with Crippen LogP contribution in [-0.4, -0.2) is 50.4 Å². The number of hydrogen-bond acceptors (Lipinski definition) is 5. The lowest BCUT2D eigenvalue weighted by Gasteiger charge is -2.26. The molecular formula is C25H26N4O3S2. The Balaban J connectivity index is 1.38. The molecule has 3 aromatic rings. The minimum atomic E-state index is -3.53. The van der Waals surface area contributed by atoms with E-state index in [1.807, 2.05) is 42.6 Å². The van der Waals surface area contributed by atoms with E-state index in [-0.39, 0.29) is 10.8 Å². The van der Waals surface area contributed by atoms with E-state index in [0.29, 0.717) is 37.1 Å². The molecule has 0 saturated carbocycles. The fourth-order valence-electron chi connectivity index (χ4n) is 3.66. The summed E-state index contributed by atoms with van der Waals surface area (Å²) in [5, 5.41) is 7.68. The molecule has 0 bridgehead atoms. The second-order valence-corrected chi connectivity index (χ2v) is 10.0. The Morgan fingerprint density at radius 3 is 2.03 bits per heavy atom. The molecule has 4 rings (SSSR count). The largest absolute Gasteiger partial charge is 0.379 e. The molecule has 0 atom stereocenters. The van der Waals surface area contributed by atoms with Crippen molar-refractivity contribution >= 4 is 39.3 Å². The van der Waals surface area contributed by atoms with Crippen LogP contribution >= 0.6 is 12.2 Å². The Hall–Kier alpha value is -3.11. The lowest BCUT2D eigenvalue weighted by atomic mass is 9.92. The zero-order valence-corrected chi connectivity index (χ0v) is 20.1. The van der Waals surface area contributed by atoms with Gasteiger partial charge in [0.2, 0.25) is 10.0 Å². The molecule has 1 aliphatic heterocycles. The summed E-state index contributed by atoms with van der Waals surface area (Å²) in [5.41, 5.74) is 5.75. The predicted molar refractivity (Wildman–Crippen MR) is 139 cm³/mol. The van der Waals surface area contributed by atoms with Crippen LogP contribution in [0.15, 0.2) is 94.9 Å². The van der Waals surface area contributed by atoms with Crippen molar-refractivity contribution in [2.24, 2.45) is 5.10 Å². The summed E-state index contributed by atoms with van der Waals surface area (Å²) in [6.07, 6.45) is 1.82. The molecule has 0 amide bonds. The highest BCUT2D eigenvalue weighted by molar-refractivity contribution is 7.89. The van der Waals surface area contributed by atoms with Gasteiger partial charge in [-0.3, -0.25) is 5.43 Å². The molecule has 7 nitrogen and oxygen atoms in total. The van der Waals surface area contributed by atoms with Crippen LogP contribution in [0.1, 0.15) is 17.0 Å². The number of rotatable bonds is 7. The van der Waals surface area contributed by atoms with Crippen LogP contribution in [0.2, 0.25) is 0 Å². The van der Waals surface area contributed by atoms with E-state index in [2.05, 4.69) is 40.1 Å². The van der Waals surface area contributed by atoms with Gasteiger partial charge in [0, 0.05) is 30.9 Å². The molecule has 1 saturated heterocycles. The monoisotopic (exact) mass is 494 g/mol. The van der Waals surface area contributed by atoms with Gasteiger partial charge in [0.15, 0.2) is 5.11 Å². The molecule has 0 aliphatic carbocycles. The number of hydrazone groups is 1. The zero-order valence-electron chi connectivity index (χ0n) is 18.5. The highest BCUT2D eigenvalue weighted by Crippen LogP contribution is 2.22. The number of benzene rings is 3. The van der Waals surface area contributed by atoms with Crippen LogP contribution in [0, 0.1) is 0 Å². The Morgan fingerprint density at radius 1 is 0.912 bits per heavy atom. The summed E-state index contributed by atoms with van der Waals surface area (Å²) < 4.78 is 32.2. The van der Waals surface area contributed by atoms with Gasteiger partial charge < -0.3 is 10.1 Å². The van der Waals surface area contributed by atoms with Crippen molar-refractivity contribution in [1.82, 2.24) is 9.73 Å². The minimum Gasteiger partial charge on any atom is -0.379 e. The van der Waals surface area contributed by atoms with Crippen molar-refractivity contribution in [3.63, 3.8) is 0 Å². The van der Waals surface area contributed by atoms with Crippen LogP contribution in [0.4, 0.5) is 5.69 Å². The summed E-state index contributed by atoms with van der Waals surface area (Å²) in [4.78, 5) is 0.241. The number of anilines is 1. The fraction of sp³-hybridized carbons (Fsp3) is 0.200. The normalized spacial score (nSPS) is 14.9. The summed E-state index contributed by atoms with van der Waals surface area (Å²) in [7, 11) is -3.53. The van der Waals surface area contributed by atoms with Gasteiger partial charge in [-0.15, -0.1) is 0 Å². The molecule has 1 fully saturated rings. The zero-order chi connectivity index (χ0) is 23.8. The average Bonchev–Trinajstić information content (AvgIpc) is 2.88. The first-order valence-electron chi connectivity index (χ1n) is 10.9. The van der Waals surface area contributed by atoms with Gasteiger partial charge in [0.25, 0.3) is 0 Å². The van der Waals surface area contributed by atoms with Gasteiger partial charge in [0.1, 0.15) is 0 Å². The molecule has 0 spiro atoms. The van der Waals surface area contributed by atoms with Crippen LogP contribution in [0.3, 0.4) is 0 Å². The fourth-order valence-corrected chi connectivity index (χ4v) is 5.24. The summed E-state index contributed by atoms with van der Waals surface area (Å²) >= 11 is 5.35. The van der Waals surface area contributed by atoms with E-state index >= 15 is 0 Å². The van der Waals surface area contributed by atoms with E-state index < -0.39 is 10.0 Å². The van der Waals surface area contributed by atoms with Gasteiger partial charge in [-0.05, 0) is 47.6 Å². The summed E-state index contributed by atoms with van der Waals surface area (Å²) in [5.74, 6) is -0.0256. The van der Waals surface area contributed by atoms with Crippen molar-refractivity contribution < 1.29 is 13.2 Å². The average molecular weight is 495 g/mol. The van der Waals surface area contributed by atoms with Crippen molar-refractivity contribution in [2.75, 3.05) is 31.6 Å². The van der Waals surface area contributed by atoms with Crippen molar-refractivity contribution in [3.05, 3.63) is 96.1 Å². The van der Waals surface area contributed by atoms with E-state index in [1.165, 1.54) is 4.31 Å². The number of nitrogens with zero attached hydrogens (tertiary/aromatic N) is 2. The summed E-state index contributed by atoms with van der Waals surface area (Å²) in [6, 6.07) is 26.7. The first-order chi connectivity index (χ1) is 16.5. The molecule has 3 aromatic carbocycles. The number of hydrogen-bond donors (Lipinski definition) is 2. The second kappa shape index (κ2) is 11.3. The Bertz CT molecular complexity index is 1170. The molecule has 1 heterocycles. The van der Waals surface area contributed by atoms with Gasteiger partial charge in [-0.25, -0.2) is 8.42 Å². The number of sulfonamides is 1. The van der Waals surface area contributed by atoms with Crippen LogP contribution in [0.25, 0.3) is 0 Å². The maximum atomic E-state index is 12.8. The highest BCUT2D eigenvalue weighted by atomic mass is 32.2. The third-order valence-corrected chi connectivity index (χ3v) is 7.53. The van der Waals surface area contributed by atoms with Gasteiger partial charge in [0.05, 0.1) is 18.1 Å². The summed E-state index contributed by atoms with van der Waals surface area (Å²) in [6.45, 7) is 1.55. The van der Waals surface area contributed by atoms with Crippen molar-refractivity contribution in [1.29, 1.82) is 0 Å². The van der Waals surface area contributed by atoms with E-state index in [0.717, 1.165) is 11.1 Å². The number of nitrogens with one attached hydrogen (secondary N) is 2. The predicted octanol–water partition coefficient (Wildman–Crippen LogP) is 3.81. The molecule has 0 aromatic heterocycles. The maximum Gasteiger partial charge on any atom is 0.243 e. The molecule has 34 heavy (non-hydrogen) atoms. The number of ether oxygens (including phenoxy) is 1. The maximum absolute atomic E-state index is 12.8. The van der Waals surface area contributed by atoms with Crippen LogP contribution in [0.5, 0.6) is 0 Å². The molecule has 176 valence electrons. The standard InChI is InChI=1S/C25H26N4O3S2/c30-34(31,29-15-17-32-18-16-29)23-13-11-22(12-14-23)27-25(33)28-26-19-24(20-7-3-1-4-8-20)21-9-5-2-6-10-21/h1-14,19,24H,15-18H2,(H2,27,28,33)/b26-19+. The van der Waals surface area contributed by atoms with E-state index in [1.54, 1.807) is 24.3 Å². The lowest BCUT2D eigenvalue weighted by Crippen LogP contribution is -2.40. The van der Waals surface area contributed by atoms with Gasteiger partial charge >= 0.3 is 0 Å². The first kappa shape index (κ1) is 24.0. The number of thiocarbonyl (C=S) groups is 1. The molecule has 9 heteroatoms. The quantitative estimate of drug-likeness (QED) is 0.295. The van der Waals surface area contributed by atoms with Crippen LogP contribution < -0.4 is 10.7 Å². The molecule has 2 N–H and O–H groups in total. The molecule has 0 unspecified atom stereocenters. The van der Waals surface area contributed by atoms with Crippen molar-refractivity contribution in [2.45, 2.75) is 10.8 Å². The molecule has 0 radical (unpaired) electrons. The topological polar surface area (TPSA) is 83.0 Å². The van der Waals surface area contributed by atoms with Gasteiger partial charge in [-0.1, -0.05) is 60.7 Å². The Kier molecular flexibility index (Phi) is 8.02. The molecular weight excluding hydrogens is 468 g/mol. The van der Waals surface area contributed by atoms with E-state index in [4.69, 9.17) is 17.0 Å². The second-order valence-electron chi connectivity index (χ2n) is 7.68. The van der Waals surface area contributed by atoms with Crippen molar-refractivity contribution in [3.8, 4) is 0 Å². The third kappa shape index (κ3) is 6.06. The van der Waals surface area contributed by atoms with E-state index in [9.17, 15) is 8.42 Å².